The van der Waals surface area contributed by atoms with Crippen LogP contribution in [0.4, 0.5) is 5.69 Å². The minimum absolute atomic E-state index is 0.0648. The molecule has 0 saturated heterocycles. The van der Waals surface area contributed by atoms with Crippen molar-refractivity contribution < 1.29 is 4.79 Å². The van der Waals surface area contributed by atoms with Gasteiger partial charge < -0.3 is 9.88 Å². The predicted molar refractivity (Wildman–Crippen MR) is 133 cm³/mol. The summed E-state index contributed by atoms with van der Waals surface area (Å²) in [7, 11) is 0. The van der Waals surface area contributed by atoms with E-state index in [1.165, 1.54) is 11.1 Å². The number of rotatable bonds is 5. The first kappa shape index (κ1) is 21.8. The topological polar surface area (TPSA) is 46.9 Å². The van der Waals surface area contributed by atoms with Crippen LogP contribution in [0.25, 0.3) is 22.4 Å². The molecule has 0 aliphatic heterocycles. The Morgan fingerprint density at radius 2 is 1.62 bits per heavy atom. The van der Waals surface area contributed by atoms with E-state index in [0.29, 0.717) is 0 Å². The van der Waals surface area contributed by atoms with Crippen LogP contribution in [-0.2, 0) is 16.6 Å². The first-order valence-electron chi connectivity index (χ1n) is 11.3. The number of hydrogen-bond acceptors (Lipinski definition) is 2. The monoisotopic (exact) mass is 425 g/mol. The van der Waals surface area contributed by atoms with Gasteiger partial charge in [0, 0.05) is 11.3 Å². The number of carbonyl (C=O) groups excluding carboxylic acids is 1. The van der Waals surface area contributed by atoms with Crippen LogP contribution in [0.1, 0.15) is 51.8 Å². The maximum absolute atomic E-state index is 13.2. The normalized spacial score (nSPS) is 12.7. The number of amides is 1. The van der Waals surface area contributed by atoms with E-state index >= 15 is 0 Å². The predicted octanol–water partition coefficient (Wildman–Crippen LogP) is 6.76. The number of carbonyl (C=O) groups is 1. The average Bonchev–Trinajstić information content (AvgIpc) is 3.18. The molecule has 0 bridgehead atoms. The van der Waals surface area contributed by atoms with E-state index in [1.54, 1.807) is 0 Å². The Bertz CT molecular complexity index is 1230. The number of anilines is 1. The zero-order chi connectivity index (χ0) is 22.9. The fraction of sp³-hybridized carbons (Fsp3) is 0.286. The molecule has 0 aliphatic carbocycles. The molecule has 0 spiro atoms. The first-order chi connectivity index (χ1) is 15.3. The van der Waals surface area contributed by atoms with Gasteiger partial charge in [0.2, 0.25) is 5.91 Å². The van der Waals surface area contributed by atoms with Crippen molar-refractivity contribution >= 4 is 22.6 Å². The fourth-order valence-electron chi connectivity index (χ4n) is 3.95. The Morgan fingerprint density at radius 3 is 2.25 bits per heavy atom. The van der Waals surface area contributed by atoms with Gasteiger partial charge in [-0.1, -0.05) is 76.2 Å². The minimum Gasteiger partial charge on any atom is -0.324 e. The number of imidazole rings is 1. The average molecular weight is 426 g/mol. The lowest BCUT2D eigenvalue weighted by Gasteiger charge is -2.20. The number of benzene rings is 3. The summed E-state index contributed by atoms with van der Waals surface area (Å²) in [6.45, 7) is 10.7. The number of nitrogens with zero attached hydrogens (tertiary/aromatic N) is 2. The van der Waals surface area contributed by atoms with Crippen molar-refractivity contribution in [1.82, 2.24) is 9.55 Å². The maximum Gasteiger partial charge on any atom is 0.247 e. The third-order valence-corrected chi connectivity index (χ3v) is 6.00. The van der Waals surface area contributed by atoms with Crippen molar-refractivity contribution in [3.8, 4) is 11.4 Å². The van der Waals surface area contributed by atoms with Crippen molar-refractivity contribution in [2.75, 3.05) is 5.32 Å². The molecular formula is C28H31N3O. The molecule has 4 rings (SSSR count). The van der Waals surface area contributed by atoms with Gasteiger partial charge in [-0.15, -0.1) is 0 Å². The number of aryl methyl sites for hydroxylation is 1. The number of fused-ring (bicyclic) bond motifs is 1. The quantitative estimate of drug-likeness (QED) is 0.384. The van der Waals surface area contributed by atoms with Crippen LogP contribution in [0.2, 0.25) is 0 Å². The SMILES string of the molecule is CCc1ccc(NC(=O)C(C)n2c(-c3ccc(C(C)(C)C)cc3)nc3ccccc32)cc1. The molecule has 1 unspecified atom stereocenters. The summed E-state index contributed by atoms with van der Waals surface area (Å²) in [5, 5.41) is 3.07. The number of hydrogen-bond donors (Lipinski definition) is 1. The lowest BCUT2D eigenvalue weighted by Crippen LogP contribution is -2.24. The van der Waals surface area contributed by atoms with E-state index in [2.05, 4.69) is 69.4 Å². The second-order valence-corrected chi connectivity index (χ2v) is 9.34. The summed E-state index contributed by atoms with van der Waals surface area (Å²) < 4.78 is 2.04. The summed E-state index contributed by atoms with van der Waals surface area (Å²) in [6.07, 6.45) is 0.975. The molecule has 1 amide bonds. The van der Waals surface area contributed by atoms with Crippen molar-refractivity contribution in [3.63, 3.8) is 0 Å². The number of para-hydroxylation sites is 2. The number of aromatic nitrogens is 2. The second-order valence-electron chi connectivity index (χ2n) is 9.34. The molecule has 0 aliphatic rings. The van der Waals surface area contributed by atoms with Crippen molar-refractivity contribution in [2.24, 2.45) is 0 Å². The zero-order valence-corrected chi connectivity index (χ0v) is 19.5. The number of nitrogens with one attached hydrogen (secondary N) is 1. The van der Waals surface area contributed by atoms with E-state index in [9.17, 15) is 4.79 Å². The molecule has 32 heavy (non-hydrogen) atoms. The molecule has 3 aromatic carbocycles. The van der Waals surface area contributed by atoms with Gasteiger partial charge in [0.15, 0.2) is 0 Å². The van der Waals surface area contributed by atoms with Gasteiger partial charge in [-0.25, -0.2) is 4.98 Å². The van der Waals surface area contributed by atoms with E-state index in [1.807, 2.05) is 47.9 Å². The van der Waals surface area contributed by atoms with Crippen LogP contribution in [0.5, 0.6) is 0 Å². The molecule has 0 radical (unpaired) electrons. The summed E-state index contributed by atoms with van der Waals surface area (Å²) in [4.78, 5) is 18.1. The van der Waals surface area contributed by atoms with Crippen molar-refractivity contribution in [3.05, 3.63) is 83.9 Å². The summed E-state index contributed by atoms with van der Waals surface area (Å²) in [5.74, 6) is 0.737. The Hall–Kier alpha value is -3.40. The maximum atomic E-state index is 13.2. The Morgan fingerprint density at radius 1 is 0.969 bits per heavy atom. The van der Waals surface area contributed by atoms with E-state index in [0.717, 1.165) is 34.5 Å². The van der Waals surface area contributed by atoms with Crippen molar-refractivity contribution in [2.45, 2.75) is 52.5 Å². The molecule has 1 atom stereocenters. The molecule has 0 fully saturated rings. The zero-order valence-electron chi connectivity index (χ0n) is 19.5. The smallest absolute Gasteiger partial charge is 0.247 e. The summed E-state index contributed by atoms with van der Waals surface area (Å²) in [5.41, 5.74) is 6.24. The molecule has 1 aromatic heterocycles. The molecule has 1 N–H and O–H groups in total. The lowest BCUT2D eigenvalue weighted by molar-refractivity contribution is -0.118. The van der Waals surface area contributed by atoms with Gasteiger partial charge in [-0.05, 0) is 54.2 Å². The first-order valence-corrected chi connectivity index (χ1v) is 11.3. The highest BCUT2D eigenvalue weighted by atomic mass is 16.2. The molecular weight excluding hydrogens is 394 g/mol. The van der Waals surface area contributed by atoms with E-state index < -0.39 is 6.04 Å². The molecule has 1 heterocycles. The third-order valence-electron chi connectivity index (χ3n) is 6.00. The standard InChI is InChI=1S/C28H31N3O/c1-6-20-11-17-23(18-12-20)29-27(32)19(2)31-25-10-8-7-9-24(25)30-26(31)21-13-15-22(16-14-21)28(3,4)5/h7-19H,6H2,1-5H3,(H,29,32). The van der Waals surface area contributed by atoms with Crippen LogP contribution in [0.15, 0.2) is 72.8 Å². The highest BCUT2D eigenvalue weighted by Gasteiger charge is 2.23. The van der Waals surface area contributed by atoms with Crippen LogP contribution in [-0.4, -0.2) is 15.5 Å². The Kier molecular flexibility index (Phi) is 5.88. The van der Waals surface area contributed by atoms with Crippen LogP contribution >= 0.6 is 0 Å². The molecule has 0 saturated carbocycles. The van der Waals surface area contributed by atoms with Gasteiger partial charge in [-0.3, -0.25) is 4.79 Å². The van der Waals surface area contributed by atoms with Crippen LogP contribution < -0.4 is 5.32 Å². The summed E-state index contributed by atoms with van der Waals surface area (Å²) in [6, 6.07) is 24.1. The molecule has 4 heteroatoms. The van der Waals surface area contributed by atoms with Gasteiger partial charge in [0.1, 0.15) is 11.9 Å². The van der Waals surface area contributed by atoms with Crippen molar-refractivity contribution in [1.29, 1.82) is 0 Å². The van der Waals surface area contributed by atoms with Crippen LogP contribution in [0.3, 0.4) is 0 Å². The summed E-state index contributed by atoms with van der Waals surface area (Å²) >= 11 is 0. The third kappa shape index (κ3) is 4.31. The van der Waals surface area contributed by atoms with Crippen LogP contribution in [0, 0.1) is 0 Å². The highest BCUT2D eigenvalue weighted by molar-refractivity contribution is 5.95. The molecule has 4 aromatic rings. The Labute approximate surface area is 190 Å². The van der Waals surface area contributed by atoms with E-state index in [4.69, 9.17) is 4.98 Å². The fourth-order valence-corrected chi connectivity index (χ4v) is 3.95. The van der Waals surface area contributed by atoms with Gasteiger partial charge in [0.05, 0.1) is 11.0 Å². The highest BCUT2D eigenvalue weighted by Crippen LogP contribution is 2.31. The Balaban J connectivity index is 1.71. The minimum atomic E-state index is -0.425. The lowest BCUT2D eigenvalue weighted by atomic mass is 9.86. The second kappa shape index (κ2) is 8.62. The van der Waals surface area contributed by atoms with Gasteiger partial charge in [0.25, 0.3) is 0 Å². The van der Waals surface area contributed by atoms with Gasteiger partial charge in [-0.2, -0.15) is 0 Å². The molecule has 164 valence electrons. The largest absolute Gasteiger partial charge is 0.324 e. The van der Waals surface area contributed by atoms with E-state index in [-0.39, 0.29) is 11.3 Å². The van der Waals surface area contributed by atoms with Gasteiger partial charge >= 0.3 is 0 Å². The molecule has 4 nitrogen and oxygen atoms in total.